The highest BCUT2D eigenvalue weighted by Gasteiger charge is 2.33. The summed E-state index contributed by atoms with van der Waals surface area (Å²) in [4.78, 5) is 10.6. The molecular formula is C7H13NO4S. The Morgan fingerprint density at radius 1 is 1.46 bits per heavy atom. The molecule has 0 aromatic rings. The molecule has 1 rings (SSSR count). The molecule has 0 bridgehead atoms. The van der Waals surface area contributed by atoms with Crippen LogP contribution < -0.4 is 0 Å². The molecule has 1 aliphatic heterocycles. The standard InChI is InChI=1S/C7H13NO4S/c1-6(7(9)10)8-4-2-3-5-13(8,11)12/h6H,2-5H2,1H3,(H,9,10). The summed E-state index contributed by atoms with van der Waals surface area (Å²) in [5.41, 5.74) is 0. The van der Waals surface area contributed by atoms with E-state index in [1.807, 2.05) is 0 Å². The van der Waals surface area contributed by atoms with Crippen molar-refractivity contribution >= 4 is 16.0 Å². The second kappa shape index (κ2) is 3.63. The molecule has 0 amide bonds. The van der Waals surface area contributed by atoms with Gasteiger partial charge in [0.25, 0.3) is 0 Å². The van der Waals surface area contributed by atoms with Crippen LogP contribution in [-0.2, 0) is 14.8 Å². The Morgan fingerprint density at radius 2 is 2.08 bits per heavy atom. The van der Waals surface area contributed by atoms with Gasteiger partial charge in [-0.05, 0) is 19.8 Å². The van der Waals surface area contributed by atoms with Crippen molar-refractivity contribution in [3.05, 3.63) is 0 Å². The van der Waals surface area contributed by atoms with Gasteiger partial charge in [0.1, 0.15) is 6.04 Å². The molecule has 1 aliphatic rings. The van der Waals surface area contributed by atoms with Crippen molar-refractivity contribution in [1.82, 2.24) is 4.31 Å². The van der Waals surface area contributed by atoms with Gasteiger partial charge in [-0.3, -0.25) is 4.79 Å². The van der Waals surface area contributed by atoms with E-state index in [9.17, 15) is 13.2 Å². The first kappa shape index (κ1) is 10.5. The zero-order chi connectivity index (χ0) is 10.1. The maximum atomic E-state index is 11.4. The predicted molar refractivity (Wildman–Crippen MR) is 46.8 cm³/mol. The van der Waals surface area contributed by atoms with Crippen LogP contribution in [0, 0.1) is 0 Å². The zero-order valence-corrected chi connectivity index (χ0v) is 8.25. The summed E-state index contributed by atoms with van der Waals surface area (Å²) < 4.78 is 23.8. The molecular weight excluding hydrogens is 194 g/mol. The maximum Gasteiger partial charge on any atom is 0.321 e. The van der Waals surface area contributed by atoms with Crippen molar-refractivity contribution in [2.75, 3.05) is 12.3 Å². The van der Waals surface area contributed by atoms with Crippen LogP contribution in [-0.4, -0.2) is 42.1 Å². The van der Waals surface area contributed by atoms with E-state index in [4.69, 9.17) is 5.11 Å². The highest BCUT2D eigenvalue weighted by Crippen LogP contribution is 2.16. The van der Waals surface area contributed by atoms with Gasteiger partial charge in [0.15, 0.2) is 0 Å². The molecule has 76 valence electrons. The number of rotatable bonds is 2. The average molecular weight is 207 g/mol. The summed E-state index contributed by atoms with van der Waals surface area (Å²) in [5.74, 6) is -1.02. The zero-order valence-electron chi connectivity index (χ0n) is 7.43. The normalized spacial score (nSPS) is 25.3. The Morgan fingerprint density at radius 3 is 2.54 bits per heavy atom. The molecule has 5 nitrogen and oxygen atoms in total. The lowest BCUT2D eigenvalue weighted by molar-refractivity contribution is -0.140. The van der Waals surface area contributed by atoms with Gasteiger partial charge in [-0.25, -0.2) is 8.42 Å². The van der Waals surface area contributed by atoms with Crippen molar-refractivity contribution in [1.29, 1.82) is 0 Å². The van der Waals surface area contributed by atoms with E-state index >= 15 is 0 Å². The molecule has 1 heterocycles. The van der Waals surface area contributed by atoms with Crippen molar-refractivity contribution < 1.29 is 18.3 Å². The summed E-state index contributed by atoms with van der Waals surface area (Å²) in [6, 6.07) is -0.940. The lowest BCUT2D eigenvalue weighted by Gasteiger charge is -2.28. The van der Waals surface area contributed by atoms with Gasteiger partial charge in [-0.15, -0.1) is 0 Å². The van der Waals surface area contributed by atoms with Gasteiger partial charge in [-0.1, -0.05) is 0 Å². The molecule has 13 heavy (non-hydrogen) atoms. The van der Waals surface area contributed by atoms with E-state index in [-0.39, 0.29) is 5.75 Å². The molecule has 0 saturated carbocycles. The topological polar surface area (TPSA) is 74.7 Å². The van der Waals surface area contributed by atoms with Crippen molar-refractivity contribution in [2.45, 2.75) is 25.8 Å². The molecule has 1 fully saturated rings. The van der Waals surface area contributed by atoms with Crippen LogP contribution in [0.25, 0.3) is 0 Å². The Kier molecular flexibility index (Phi) is 2.92. The van der Waals surface area contributed by atoms with Gasteiger partial charge in [0.05, 0.1) is 5.75 Å². The minimum Gasteiger partial charge on any atom is -0.480 e. The van der Waals surface area contributed by atoms with Crippen LogP contribution >= 0.6 is 0 Å². The number of hydrogen-bond donors (Lipinski definition) is 1. The van der Waals surface area contributed by atoms with Gasteiger partial charge in [0, 0.05) is 6.54 Å². The monoisotopic (exact) mass is 207 g/mol. The second-order valence-corrected chi connectivity index (χ2v) is 5.19. The molecule has 0 aromatic carbocycles. The van der Waals surface area contributed by atoms with Crippen LogP contribution in [0.1, 0.15) is 19.8 Å². The number of carboxylic acid groups (broad SMARTS) is 1. The molecule has 0 aliphatic carbocycles. The summed E-state index contributed by atoms with van der Waals surface area (Å²) >= 11 is 0. The van der Waals surface area contributed by atoms with Crippen LogP contribution in [0.4, 0.5) is 0 Å². The third-order valence-electron chi connectivity index (χ3n) is 2.18. The van der Waals surface area contributed by atoms with Gasteiger partial charge < -0.3 is 5.11 Å². The molecule has 0 radical (unpaired) electrons. The minimum atomic E-state index is -3.32. The van der Waals surface area contributed by atoms with E-state index in [2.05, 4.69) is 0 Å². The fourth-order valence-corrected chi connectivity index (χ4v) is 3.15. The number of sulfonamides is 1. The predicted octanol–water partition coefficient (Wildman–Crippen LogP) is -0.115. The lowest BCUT2D eigenvalue weighted by atomic mass is 10.3. The SMILES string of the molecule is CC(C(=O)O)N1CCCCS1(=O)=O. The fraction of sp³-hybridized carbons (Fsp3) is 0.857. The van der Waals surface area contributed by atoms with Gasteiger partial charge >= 0.3 is 5.97 Å². The molecule has 6 heteroatoms. The number of aliphatic carboxylic acids is 1. The van der Waals surface area contributed by atoms with E-state index < -0.39 is 22.0 Å². The van der Waals surface area contributed by atoms with Crippen molar-refractivity contribution in [2.24, 2.45) is 0 Å². The molecule has 1 N–H and O–H groups in total. The first-order valence-electron chi connectivity index (χ1n) is 4.17. The Bertz CT molecular complexity index is 298. The third-order valence-corrected chi connectivity index (χ3v) is 4.20. The highest BCUT2D eigenvalue weighted by molar-refractivity contribution is 7.89. The maximum absolute atomic E-state index is 11.4. The van der Waals surface area contributed by atoms with E-state index in [1.54, 1.807) is 0 Å². The molecule has 1 atom stereocenters. The third kappa shape index (κ3) is 2.19. The van der Waals surface area contributed by atoms with Gasteiger partial charge in [-0.2, -0.15) is 4.31 Å². The first-order valence-corrected chi connectivity index (χ1v) is 5.78. The Balaban J connectivity index is 2.83. The second-order valence-electron chi connectivity index (χ2n) is 3.15. The Labute approximate surface area is 77.4 Å². The fourth-order valence-electron chi connectivity index (χ4n) is 1.37. The first-order chi connectivity index (χ1) is 5.95. The average Bonchev–Trinajstić information content (AvgIpc) is 2.02. The quantitative estimate of drug-likeness (QED) is 0.685. The van der Waals surface area contributed by atoms with Crippen LogP contribution in [0.5, 0.6) is 0 Å². The molecule has 1 saturated heterocycles. The molecule has 0 spiro atoms. The lowest BCUT2D eigenvalue weighted by Crippen LogP contribution is -2.47. The number of hydrogen-bond acceptors (Lipinski definition) is 3. The van der Waals surface area contributed by atoms with E-state index in [0.717, 1.165) is 10.7 Å². The summed E-state index contributed by atoms with van der Waals surface area (Å²) in [7, 11) is -3.32. The number of carboxylic acids is 1. The van der Waals surface area contributed by atoms with E-state index in [1.165, 1.54) is 6.92 Å². The smallest absolute Gasteiger partial charge is 0.321 e. The van der Waals surface area contributed by atoms with E-state index in [0.29, 0.717) is 13.0 Å². The van der Waals surface area contributed by atoms with Crippen molar-refractivity contribution in [3.63, 3.8) is 0 Å². The van der Waals surface area contributed by atoms with Crippen LogP contribution in [0.2, 0.25) is 0 Å². The van der Waals surface area contributed by atoms with Crippen LogP contribution in [0.15, 0.2) is 0 Å². The Hall–Kier alpha value is -0.620. The summed E-state index contributed by atoms with van der Waals surface area (Å²) in [5, 5.41) is 8.66. The van der Waals surface area contributed by atoms with Crippen molar-refractivity contribution in [3.8, 4) is 0 Å². The molecule has 1 unspecified atom stereocenters. The highest BCUT2D eigenvalue weighted by atomic mass is 32.2. The minimum absolute atomic E-state index is 0.0740. The molecule has 0 aromatic heterocycles. The summed E-state index contributed by atoms with van der Waals surface area (Å²) in [6.07, 6.45) is 1.38. The summed E-state index contributed by atoms with van der Waals surface area (Å²) in [6.45, 7) is 1.72. The van der Waals surface area contributed by atoms with Gasteiger partial charge in [0.2, 0.25) is 10.0 Å². The van der Waals surface area contributed by atoms with Crippen LogP contribution in [0.3, 0.4) is 0 Å². The number of nitrogens with zero attached hydrogens (tertiary/aromatic N) is 1. The largest absolute Gasteiger partial charge is 0.480 e. The number of carbonyl (C=O) groups is 1.